The van der Waals surface area contributed by atoms with E-state index in [1.807, 2.05) is 133 Å². The molecule has 0 saturated heterocycles. The molecule has 12 rings (SSSR count). The van der Waals surface area contributed by atoms with E-state index in [4.69, 9.17) is 27.2 Å². The van der Waals surface area contributed by atoms with Crippen LogP contribution in [0, 0.1) is 0 Å². The average molecular weight is 1220 g/mol. The molecule has 9 N–H and O–H groups in total. The standard InChI is InChI=1S/C24H19N.C12H9Br.2C12H11N.C6H7BO2.C6H6BrN.2CH4.H2/c1-3-9-19(10-4-1)20-15-17-22(18-16-20)25-24-14-8-7-13-23(24)21-11-5-2-6-12-21;13-12-8-6-11(7-9-12)10-4-2-1-3-5-10;2*13-12-9-5-4-8-11(12)10-6-2-1-3-7-10;8-7(9)6-4-2-1-3-5-6;7-5-3-1-2-4-6(5)8;;;/h1-18,25H;1-9H;2*1-9H,13H2;1-5,8-9H;1-4H,8H2;2*1H4;1H/i;;;;;;;;1+1. The minimum Gasteiger partial charge on any atom is -0.423 e. The fourth-order valence-electron chi connectivity index (χ4n) is 8.12. The van der Waals surface area contributed by atoms with Crippen LogP contribution in [-0.4, -0.2) is 17.2 Å². The van der Waals surface area contributed by atoms with Crippen molar-refractivity contribution in [1.82, 2.24) is 0 Å². The molecule has 418 valence electrons. The molecule has 6 nitrogen and oxygen atoms in total. The topological polar surface area (TPSA) is 131 Å². The smallest absolute Gasteiger partial charge is 0.423 e. The molecule has 0 unspecified atom stereocenters. The second kappa shape index (κ2) is 35.5. The first kappa shape index (κ1) is 64.6. The van der Waals surface area contributed by atoms with Gasteiger partial charge in [0.05, 0.1) is 0 Å². The molecule has 0 saturated carbocycles. The van der Waals surface area contributed by atoms with Crippen molar-refractivity contribution in [3.8, 4) is 55.6 Å². The van der Waals surface area contributed by atoms with Crippen molar-refractivity contribution in [1.29, 1.82) is 0 Å². The second-order valence-electron chi connectivity index (χ2n) is 18.1. The summed E-state index contributed by atoms with van der Waals surface area (Å²) in [5, 5.41) is 20.7. The predicted molar refractivity (Wildman–Crippen MR) is 370 cm³/mol. The van der Waals surface area contributed by atoms with E-state index in [9.17, 15) is 0 Å². The number of halogens is 2. The Morgan fingerprint density at radius 3 is 0.928 bits per heavy atom. The molecule has 0 heterocycles. The molecule has 0 aromatic heterocycles. The third kappa shape index (κ3) is 21.3. The largest absolute Gasteiger partial charge is 0.488 e. The number of anilines is 5. The SMILES string of the molecule is Brc1ccc(-c2ccccc2)cc1.C.C.Nc1ccccc1-c1ccccc1.Nc1ccccc1-c1ccccc1.Nc1ccccc1Br.OB(O)c1ccccc1.[2HH].c1ccc(-c2ccc(Nc3ccccc3-c3ccccc3)cc2)cc1. The lowest BCUT2D eigenvalue weighted by Gasteiger charge is -2.13. The summed E-state index contributed by atoms with van der Waals surface area (Å²) in [6.07, 6.45) is 0. The van der Waals surface area contributed by atoms with Gasteiger partial charge in [0.25, 0.3) is 0 Å². The molecule has 83 heavy (non-hydrogen) atoms. The number of para-hydroxylation sites is 4. The van der Waals surface area contributed by atoms with E-state index >= 15 is 0 Å². The van der Waals surface area contributed by atoms with Gasteiger partial charge in [0.2, 0.25) is 0 Å². The Morgan fingerprint density at radius 2 is 0.578 bits per heavy atom. The zero-order valence-corrected chi connectivity index (χ0v) is 47.8. The van der Waals surface area contributed by atoms with Crippen LogP contribution in [0.25, 0.3) is 55.6 Å². The zero-order chi connectivity index (χ0) is 56.9. The number of hydrogen-bond acceptors (Lipinski definition) is 6. The summed E-state index contributed by atoms with van der Waals surface area (Å²) in [7, 11) is -1.34. The van der Waals surface area contributed by atoms with E-state index in [0.717, 1.165) is 48.5 Å². The van der Waals surface area contributed by atoms with E-state index in [2.05, 4.69) is 207 Å². The Hall–Kier alpha value is -9.22. The molecule has 0 aliphatic rings. The maximum atomic E-state index is 8.58. The number of hydrogen-bond donors (Lipinski definition) is 6. The first-order chi connectivity index (χ1) is 39.6. The maximum absolute atomic E-state index is 8.58. The quantitative estimate of drug-likeness (QED) is 0.0664. The number of nitrogens with two attached hydrogens (primary N) is 3. The van der Waals surface area contributed by atoms with Crippen LogP contribution in [0.3, 0.4) is 0 Å². The Kier molecular flexibility index (Phi) is 27.6. The van der Waals surface area contributed by atoms with Gasteiger partial charge in [-0.1, -0.05) is 304 Å². The molecular weight excluding hydrogens is 1150 g/mol. The van der Waals surface area contributed by atoms with Crippen LogP contribution >= 0.6 is 31.9 Å². The van der Waals surface area contributed by atoms with Gasteiger partial charge in [-0.25, -0.2) is 0 Å². The highest BCUT2D eigenvalue weighted by Gasteiger charge is 2.08. The van der Waals surface area contributed by atoms with Crippen LogP contribution in [0.2, 0.25) is 0 Å². The summed E-state index contributed by atoms with van der Waals surface area (Å²) in [5.41, 5.74) is 34.3. The zero-order valence-electron chi connectivity index (χ0n) is 44.6. The highest BCUT2D eigenvalue weighted by molar-refractivity contribution is 9.10. The summed E-state index contributed by atoms with van der Waals surface area (Å²) in [6.45, 7) is 0. The molecule has 0 amide bonds. The molecule has 12 aromatic rings. The van der Waals surface area contributed by atoms with Gasteiger partial charge in [-0.3, -0.25) is 0 Å². The van der Waals surface area contributed by atoms with E-state index in [1.54, 1.807) is 24.3 Å². The van der Waals surface area contributed by atoms with Crippen LogP contribution in [-0.2, 0) is 0 Å². The lowest BCUT2D eigenvalue weighted by Crippen LogP contribution is -2.29. The number of rotatable bonds is 8. The van der Waals surface area contributed by atoms with E-state index in [0.29, 0.717) is 5.46 Å². The van der Waals surface area contributed by atoms with Crippen LogP contribution in [0.5, 0.6) is 0 Å². The lowest BCUT2D eigenvalue weighted by molar-refractivity contribution is 0.426. The third-order valence-corrected chi connectivity index (χ3v) is 13.6. The van der Waals surface area contributed by atoms with Crippen LogP contribution in [0.1, 0.15) is 16.3 Å². The normalized spacial score (nSPS) is 9.64. The predicted octanol–water partition coefficient (Wildman–Crippen LogP) is 19.7. The maximum Gasteiger partial charge on any atom is 0.488 e. The monoisotopic (exact) mass is 1220 g/mol. The van der Waals surface area contributed by atoms with Crippen molar-refractivity contribution in [2.24, 2.45) is 0 Å². The van der Waals surface area contributed by atoms with Crippen molar-refractivity contribution < 1.29 is 11.5 Å². The second-order valence-corrected chi connectivity index (χ2v) is 19.8. The lowest BCUT2D eigenvalue weighted by atomic mass is 9.81. The van der Waals surface area contributed by atoms with Gasteiger partial charge >= 0.3 is 7.12 Å². The highest BCUT2D eigenvalue weighted by atomic mass is 79.9. The summed E-state index contributed by atoms with van der Waals surface area (Å²) in [6, 6.07) is 109. The van der Waals surface area contributed by atoms with Gasteiger partial charge in [0.15, 0.2) is 0 Å². The van der Waals surface area contributed by atoms with Gasteiger partial charge < -0.3 is 32.6 Å². The van der Waals surface area contributed by atoms with Gasteiger partial charge in [-0.15, -0.1) is 0 Å². The van der Waals surface area contributed by atoms with Gasteiger partial charge in [0.1, 0.15) is 0 Å². The molecular formula is C74H73BBr2N4O2. The van der Waals surface area contributed by atoms with Crippen molar-refractivity contribution in [3.63, 3.8) is 0 Å². The van der Waals surface area contributed by atoms with E-state index in [1.165, 1.54) is 44.5 Å². The summed E-state index contributed by atoms with van der Waals surface area (Å²) < 4.78 is 2.08. The summed E-state index contributed by atoms with van der Waals surface area (Å²) in [5.74, 6) is 0. The summed E-state index contributed by atoms with van der Waals surface area (Å²) in [4.78, 5) is 0. The van der Waals surface area contributed by atoms with Crippen molar-refractivity contribution in [3.05, 3.63) is 337 Å². The van der Waals surface area contributed by atoms with Gasteiger partial charge in [-0.2, -0.15) is 0 Å². The molecule has 0 atom stereocenters. The molecule has 0 aliphatic heterocycles. The average Bonchev–Trinajstić information content (AvgIpc) is 3.70. The van der Waals surface area contributed by atoms with Crippen molar-refractivity contribution in [2.75, 3.05) is 22.5 Å². The van der Waals surface area contributed by atoms with Crippen molar-refractivity contribution in [2.45, 2.75) is 14.9 Å². The molecule has 0 aliphatic carbocycles. The molecule has 0 bridgehead atoms. The summed E-state index contributed by atoms with van der Waals surface area (Å²) >= 11 is 6.69. The van der Waals surface area contributed by atoms with Crippen LogP contribution in [0.15, 0.2) is 337 Å². The minimum absolute atomic E-state index is 0. The first-order valence-corrected chi connectivity index (χ1v) is 27.8. The van der Waals surface area contributed by atoms with E-state index < -0.39 is 7.12 Å². The molecule has 9 heteroatoms. The Labute approximate surface area is 510 Å². The fourth-order valence-corrected chi connectivity index (χ4v) is 8.67. The Morgan fingerprint density at radius 1 is 0.289 bits per heavy atom. The highest BCUT2D eigenvalue weighted by Crippen LogP contribution is 2.32. The fraction of sp³-hybridized carbons (Fsp3) is 0.0270. The number of nitrogens with one attached hydrogen (secondary N) is 1. The number of benzene rings is 12. The van der Waals surface area contributed by atoms with Gasteiger partial charge in [0, 0.05) is 55.5 Å². The molecule has 0 radical (unpaired) electrons. The minimum atomic E-state index is -1.34. The van der Waals surface area contributed by atoms with Crippen LogP contribution in [0.4, 0.5) is 28.4 Å². The van der Waals surface area contributed by atoms with Gasteiger partial charge in [-0.05, 0) is 115 Å². The van der Waals surface area contributed by atoms with Crippen molar-refractivity contribution >= 4 is 72.9 Å². The molecule has 0 spiro atoms. The van der Waals surface area contributed by atoms with Crippen LogP contribution < -0.4 is 28.0 Å². The molecule has 0 fully saturated rings. The van der Waals surface area contributed by atoms with E-state index in [-0.39, 0.29) is 16.3 Å². The Balaban J connectivity index is 0.000000225. The third-order valence-electron chi connectivity index (χ3n) is 12.3. The first-order valence-electron chi connectivity index (χ1n) is 26.2. The number of nitrogen functional groups attached to an aromatic ring is 3. The Bertz CT molecular complexity index is 3590. The molecule has 12 aromatic carbocycles.